The molecule has 0 fully saturated rings. The number of aryl methyl sites for hydroxylation is 1. The Kier molecular flexibility index (Phi) is 3.42. The Balaban J connectivity index is 1.99. The van der Waals surface area contributed by atoms with Crippen molar-refractivity contribution in [1.29, 1.82) is 0 Å². The lowest BCUT2D eigenvalue weighted by Gasteiger charge is -2.28. The van der Waals surface area contributed by atoms with Gasteiger partial charge in [-0.25, -0.2) is 0 Å². The van der Waals surface area contributed by atoms with Gasteiger partial charge >= 0.3 is 0 Å². The lowest BCUT2D eigenvalue weighted by atomic mass is 9.95. The van der Waals surface area contributed by atoms with Crippen LogP contribution in [0.1, 0.15) is 22.7 Å². The molecule has 0 saturated heterocycles. The van der Waals surface area contributed by atoms with Gasteiger partial charge < -0.3 is 4.90 Å². The summed E-state index contributed by atoms with van der Waals surface area (Å²) in [5, 5.41) is 0. The van der Waals surface area contributed by atoms with E-state index in [-0.39, 0.29) is 0 Å². The molecule has 0 bridgehead atoms. The Morgan fingerprint density at radius 3 is 2.50 bits per heavy atom. The summed E-state index contributed by atoms with van der Waals surface area (Å²) in [5.41, 5.74) is 5.20. The fourth-order valence-corrected chi connectivity index (χ4v) is 2.63. The fourth-order valence-electron chi connectivity index (χ4n) is 2.63. The van der Waals surface area contributed by atoms with Crippen LogP contribution in [0.25, 0.3) is 5.57 Å². The third-order valence-corrected chi connectivity index (χ3v) is 3.76. The maximum atomic E-state index is 2.34. The molecule has 1 heteroatoms. The highest BCUT2D eigenvalue weighted by Gasteiger charge is 2.16. The maximum Gasteiger partial charge on any atom is 0.0726 e. The zero-order chi connectivity index (χ0) is 13.9. The topological polar surface area (TPSA) is 3.24 Å². The molecule has 0 aliphatic carbocycles. The van der Waals surface area contributed by atoms with Gasteiger partial charge in [0.2, 0.25) is 0 Å². The average molecular weight is 261 g/mol. The first-order chi connectivity index (χ1) is 9.74. The van der Waals surface area contributed by atoms with Gasteiger partial charge in [-0.2, -0.15) is 0 Å². The van der Waals surface area contributed by atoms with Crippen LogP contribution in [0, 0.1) is 6.92 Å². The summed E-state index contributed by atoms with van der Waals surface area (Å²) in [7, 11) is 2.12. The van der Waals surface area contributed by atoms with Crippen molar-refractivity contribution >= 4 is 5.57 Å². The predicted molar refractivity (Wildman–Crippen MR) is 85.2 cm³/mol. The van der Waals surface area contributed by atoms with Crippen LogP contribution in [-0.2, 0) is 0 Å². The molecule has 0 radical (unpaired) electrons. The summed E-state index contributed by atoms with van der Waals surface area (Å²) < 4.78 is 0. The zero-order valence-corrected chi connectivity index (χ0v) is 12.0. The summed E-state index contributed by atoms with van der Waals surface area (Å²) in [4.78, 5) is 2.24. The van der Waals surface area contributed by atoms with Crippen LogP contribution >= 0.6 is 0 Å². The summed E-state index contributed by atoms with van der Waals surface area (Å²) in [6.45, 7) is 2.14. The van der Waals surface area contributed by atoms with Gasteiger partial charge in [0.25, 0.3) is 0 Å². The normalized spacial score (nSPS) is 18.0. The third-order valence-electron chi connectivity index (χ3n) is 3.76. The molecule has 2 aromatic rings. The second-order valence-corrected chi connectivity index (χ2v) is 5.33. The number of benzene rings is 2. The van der Waals surface area contributed by atoms with E-state index in [4.69, 9.17) is 0 Å². The molecule has 1 aliphatic rings. The highest BCUT2D eigenvalue weighted by Crippen LogP contribution is 2.30. The minimum atomic E-state index is 0.303. The van der Waals surface area contributed by atoms with Gasteiger partial charge in [0.05, 0.1) is 6.04 Å². The molecule has 0 spiro atoms. The van der Waals surface area contributed by atoms with E-state index in [9.17, 15) is 0 Å². The van der Waals surface area contributed by atoms with Crippen molar-refractivity contribution in [3.8, 4) is 0 Å². The Bertz CT molecular complexity index is 652. The predicted octanol–water partition coefficient (Wildman–Crippen LogP) is 4.58. The molecular formula is C19H19N. The summed E-state index contributed by atoms with van der Waals surface area (Å²) in [6, 6.07) is 19.6. The number of likely N-dealkylation sites (N-methyl/N-ethyl adjacent to an activating group) is 1. The van der Waals surface area contributed by atoms with E-state index in [2.05, 4.69) is 91.8 Å². The van der Waals surface area contributed by atoms with E-state index in [0.29, 0.717) is 6.04 Å². The SMILES string of the molecule is Cc1cccc(C2=CC(c3ccccc3)N(C)C=C2)c1. The summed E-state index contributed by atoms with van der Waals surface area (Å²) in [6.07, 6.45) is 6.69. The molecule has 1 nitrogen and oxygen atoms in total. The highest BCUT2D eigenvalue weighted by atomic mass is 15.1. The lowest BCUT2D eigenvalue weighted by Crippen LogP contribution is -2.19. The largest absolute Gasteiger partial charge is 0.370 e. The van der Waals surface area contributed by atoms with Crippen molar-refractivity contribution in [2.75, 3.05) is 7.05 Å². The van der Waals surface area contributed by atoms with Crippen LogP contribution in [0.2, 0.25) is 0 Å². The van der Waals surface area contributed by atoms with Crippen molar-refractivity contribution < 1.29 is 0 Å². The molecule has 20 heavy (non-hydrogen) atoms. The van der Waals surface area contributed by atoms with Gasteiger partial charge in [-0.05, 0) is 35.8 Å². The highest BCUT2D eigenvalue weighted by molar-refractivity contribution is 5.75. The Morgan fingerprint density at radius 2 is 1.75 bits per heavy atom. The van der Waals surface area contributed by atoms with Crippen molar-refractivity contribution in [3.63, 3.8) is 0 Å². The fraction of sp³-hybridized carbons (Fsp3) is 0.158. The van der Waals surface area contributed by atoms with Crippen LogP contribution in [0.15, 0.2) is 72.9 Å². The molecular weight excluding hydrogens is 242 g/mol. The van der Waals surface area contributed by atoms with E-state index in [1.165, 1.54) is 22.3 Å². The van der Waals surface area contributed by atoms with Crippen LogP contribution in [0.4, 0.5) is 0 Å². The van der Waals surface area contributed by atoms with Crippen molar-refractivity contribution in [2.45, 2.75) is 13.0 Å². The smallest absolute Gasteiger partial charge is 0.0726 e. The first-order valence-corrected chi connectivity index (χ1v) is 6.98. The van der Waals surface area contributed by atoms with Gasteiger partial charge in [-0.15, -0.1) is 0 Å². The number of hydrogen-bond donors (Lipinski definition) is 0. The van der Waals surface area contributed by atoms with Crippen molar-refractivity contribution in [2.24, 2.45) is 0 Å². The van der Waals surface area contributed by atoms with Crippen LogP contribution < -0.4 is 0 Å². The Morgan fingerprint density at radius 1 is 0.950 bits per heavy atom. The minimum Gasteiger partial charge on any atom is -0.370 e. The quantitative estimate of drug-likeness (QED) is 0.765. The van der Waals surface area contributed by atoms with E-state index in [0.717, 1.165) is 0 Å². The Hall–Kier alpha value is -2.28. The van der Waals surface area contributed by atoms with Crippen LogP contribution in [-0.4, -0.2) is 11.9 Å². The molecule has 0 N–H and O–H groups in total. The molecule has 2 aromatic carbocycles. The molecule has 3 rings (SSSR count). The number of hydrogen-bond acceptors (Lipinski definition) is 1. The molecule has 1 atom stereocenters. The van der Waals surface area contributed by atoms with Crippen molar-refractivity contribution in [3.05, 3.63) is 89.6 Å². The van der Waals surface area contributed by atoms with Gasteiger partial charge in [-0.1, -0.05) is 60.2 Å². The molecule has 0 aromatic heterocycles. The van der Waals surface area contributed by atoms with E-state index in [1.54, 1.807) is 0 Å². The summed E-state index contributed by atoms with van der Waals surface area (Å²) in [5.74, 6) is 0. The van der Waals surface area contributed by atoms with Crippen LogP contribution in [0.5, 0.6) is 0 Å². The molecule has 1 unspecified atom stereocenters. The number of rotatable bonds is 2. The van der Waals surface area contributed by atoms with Gasteiger partial charge in [0.15, 0.2) is 0 Å². The molecule has 100 valence electrons. The maximum absolute atomic E-state index is 2.34. The molecule has 1 heterocycles. The average Bonchev–Trinajstić information content (AvgIpc) is 2.48. The number of nitrogens with zero attached hydrogens (tertiary/aromatic N) is 1. The second-order valence-electron chi connectivity index (χ2n) is 5.33. The van der Waals surface area contributed by atoms with E-state index in [1.807, 2.05) is 0 Å². The minimum absolute atomic E-state index is 0.303. The van der Waals surface area contributed by atoms with E-state index >= 15 is 0 Å². The van der Waals surface area contributed by atoms with Gasteiger partial charge in [0, 0.05) is 13.2 Å². The first kappa shape index (κ1) is 12.7. The van der Waals surface area contributed by atoms with Gasteiger partial charge in [-0.3, -0.25) is 0 Å². The van der Waals surface area contributed by atoms with Crippen molar-refractivity contribution in [1.82, 2.24) is 4.90 Å². The molecule has 1 aliphatic heterocycles. The van der Waals surface area contributed by atoms with Crippen LogP contribution in [0.3, 0.4) is 0 Å². The Labute approximate surface area is 120 Å². The summed E-state index contributed by atoms with van der Waals surface area (Å²) >= 11 is 0. The standard InChI is InChI=1S/C19H19N/c1-15-7-6-10-17(13-15)18-11-12-20(2)19(14-18)16-8-4-3-5-9-16/h3-14,19H,1-2H3. The van der Waals surface area contributed by atoms with E-state index < -0.39 is 0 Å². The second kappa shape index (κ2) is 5.38. The lowest BCUT2D eigenvalue weighted by molar-refractivity contribution is 0.391. The monoisotopic (exact) mass is 261 g/mol. The first-order valence-electron chi connectivity index (χ1n) is 6.98. The zero-order valence-electron chi connectivity index (χ0n) is 12.0. The third kappa shape index (κ3) is 2.53. The molecule has 0 saturated carbocycles. The number of allylic oxidation sites excluding steroid dienone is 2. The van der Waals surface area contributed by atoms with Gasteiger partial charge in [0.1, 0.15) is 0 Å². The molecule has 0 amide bonds.